The van der Waals surface area contributed by atoms with Gasteiger partial charge in [0, 0.05) is 12.1 Å². The molecule has 2 rings (SSSR count). The largest absolute Gasteiger partial charge is 0.494 e. The highest BCUT2D eigenvalue weighted by Crippen LogP contribution is 2.11. The number of rotatable bonds is 9. The normalized spacial score (nSPS) is 10.1. The van der Waals surface area contributed by atoms with Gasteiger partial charge in [0.1, 0.15) is 12.3 Å². The maximum absolute atomic E-state index is 12.0. The van der Waals surface area contributed by atoms with E-state index in [0.717, 1.165) is 11.1 Å². The lowest BCUT2D eigenvalue weighted by molar-refractivity contribution is -0.147. The Balaban J connectivity index is 1.66. The lowest BCUT2D eigenvalue weighted by Crippen LogP contribution is -2.33. The van der Waals surface area contributed by atoms with Gasteiger partial charge in [0.05, 0.1) is 6.61 Å². The van der Waals surface area contributed by atoms with Crippen LogP contribution in [0.1, 0.15) is 28.4 Å². The van der Waals surface area contributed by atoms with Gasteiger partial charge in [-0.15, -0.1) is 0 Å². The van der Waals surface area contributed by atoms with Crippen molar-refractivity contribution in [3.63, 3.8) is 0 Å². The second kappa shape index (κ2) is 10.7. The predicted molar refractivity (Wildman–Crippen MR) is 104 cm³/mol. The summed E-state index contributed by atoms with van der Waals surface area (Å²) in [5, 5.41) is 5.12. The lowest BCUT2D eigenvalue weighted by Gasteiger charge is -2.08. The van der Waals surface area contributed by atoms with Gasteiger partial charge in [-0.2, -0.15) is 0 Å². The molecule has 0 spiro atoms. The van der Waals surface area contributed by atoms with Gasteiger partial charge in [-0.1, -0.05) is 29.8 Å². The van der Waals surface area contributed by atoms with E-state index in [-0.39, 0.29) is 6.54 Å². The van der Waals surface area contributed by atoms with Gasteiger partial charge in [-0.05, 0) is 43.7 Å². The molecule has 0 aliphatic carbocycles. The number of hydrogen-bond acceptors (Lipinski definition) is 5. The van der Waals surface area contributed by atoms with E-state index in [2.05, 4.69) is 10.6 Å². The fourth-order valence-corrected chi connectivity index (χ4v) is 2.28. The Labute approximate surface area is 164 Å². The van der Waals surface area contributed by atoms with Crippen LogP contribution >= 0.6 is 0 Å². The molecule has 2 aromatic rings. The molecule has 0 fully saturated rings. The standard InChI is InChI=1S/C21H24N2O5/c1-3-27-18-10-8-17(9-11-18)21(26)23-13-20(25)28-14-19(24)22-12-16-6-4-15(2)5-7-16/h4-11H,3,12-14H2,1-2H3,(H,22,24)(H,23,26). The van der Waals surface area contributed by atoms with Crippen molar-refractivity contribution in [3.05, 3.63) is 65.2 Å². The molecule has 0 atom stereocenters. The number of carbonyl (C=O) groups excluding carboxylic acids is 3. The van der Waals surface area contributed by atoms with Crippen molar-refractivity contribution in [1.82, 2.24) is 10.6 Å². The van der Waals surface area contributed by atoms with Gasteiger partial charge >= 0.3 is 5.97 Å². The molecular weight excluding hydrogens is 360 g/mol. The van der Waals surface area contributed by atoms with E-state index < -0.39 is 24.4 Å². The minimum Gasteiger partial charge on any atom is -0.494 e. The molecule has 0 aliphatic heterocycles. The van der Waals surface area contributed by atoms with Crippen molar-refractivity contribution in [2.24, 2.45) is 0 Å². The van der Waals surface area contributed by atoms with Crippen molar-refractivity contribution in [2.45, 2.75) is 20.4 Å². The molecule has 0 aromatic heterocycles. The molecule has 0 unspecified atom stereocenters. The summed E-state index contributed by atoms with van der Waals surface area (Å²) in [5.41, 5.74) is 2.48. The maximum atomic E-state index is 12.0. The van der Waals surface area contributed by atoms with E-state index in [1.54, 1.807) is 24.3 Å². The number of ether oxygens (including phenoxy) is 2. The van der Waals surface area contributed by atoms with E-state index >= 15 is 0 Å². The van der Waals surface area contributed by atoms with Crippen LogP contribution in [0.5, 0.6) is 5.75 Å². The first-order chi connectivity index (χ1) is 13.5. The summed E-state index contributed by atoms with van der Waals surface area (Å²) in [4.78, 5) is 35.4. The highest BCUT2D eigenvalue weighted by atomic mass is 16.5. The molecule has 2 N–H and O–H groups in total. The average Bonchev–Trinajstić information content (AvgIpc) is 2.71. The predicted octanol–water partition coefficient (Wildman–Crippen LogP) is 1.98. The molecule has 2 aromatic carbocycles. The molecule has 7 nitrogen and oxygen atoms in total. The molecule has 7 heteroatoms. The minimum absolute atomic E-state index is 0.322. The number of carbonyl (C=O) groups is 3. The first-order valence-electron chi connectivity index (χ1n) is 8.97. The van der Waals surface area contributed by atoms with Crippen molar-refractivity contribution in [1.29, 1.82) is 0 Å². The van der Waals surface area contributed by atoms with Crippen LogP contribution in [0, 0.1) is 6.92 Å². The van der Waals surface area contributed by atoms with Gasteiger partial charge in [-0.3, -0.25) is 14.4 Å². The summed E-state index contributed by atoms with van der Waals surface area (Å²) in [6, 6.07) is 14.3. The van der Waals surface area contributed by atoms with Gasteiger partial charge in [0.2, 0.25) is 0 Å². The fraction of sp³-hybridized carbons (Fsp3) is 0.286. The van der Waals surface area contributed by atoms with Crippen molar-refractivity contribution < 1.29 is 23.9 Å². The van der Waals surface area contributed by atoms with Gasteiger partial charge in [0.25, 0.3) is 11.8 Å². The van der Waals surface area contributed by atoms with Gasteiger partial charge in [-0.25, -0.2) is 0 Å². The van der Waals surface area contributed by atoms with Crippen LogP contribution in [-0.2, 0) is 20.9 Å². The van der Waals surface area contributed by atoms with Crippen LogP contribution in [0.3, 0.4) is 0 Å². The Morgan fingerprint density at radius 3 is 2.25 bits per heavy atom. The van der Waals surface area contributed by atoms with Gasteiger partial charge < -0.3 is 20.1 Å². The number of hydrogen-bond donors (Lipinski definition) is 2. The molecule has 0 saturated carbocycles. The Morgan fingerprint density at radius 1 is 0.929 bits per heavy atom. The third-order valence-electron chi connectivity index (χ3n) is 3.80. The van der Waals surface area contributed by atoms with E-state index in [4.69, 9.17) is 9.47 Å². The summed E-state index contributed by atoms with van der Waals surface area (Å²) in [6.45, 7) is 4.02. The summed E-state index contributed by atoms with van der Waals surface area (Å²) < 4.78 is 10.2. The minimum atomic E-state index is -0.690. The topological polar surface area (TPSA) is 93.7 Å². The molecule has 0 bridgehead atoms. The first-order valence-corrected chi connectivity index (χ1v) is 8.97. The Bertz CT molecular complexity index is 801. The molecule has 0 heterocycles. The Morgan fingerprint density at radius 2 is 1.61 bits per heavy atom. The highest BCUT2D eigenvalue weighted by molar-refractivity contribution is 5.96. The van der Waals surface area contributed by atoms with E-state index in [0.29, 0.717) is 24.5 Å². The monoisotopic (exact) mass is 384 g/mol. The molecule has 0 radical (unpaired) electrons. The summed E-state index contributed by atoms with van der Waals surface area (Å²) in [7, 11) is 0. The average molecular weight is 384 g/mol. The van der Waals surface area contributed by atoms with E-state index in [1.165, 1.54) is 0 Å². The number of benzene rings is 2. The van der Waals surface area contributed by atoms with Crippen LogP contribution in [0.4, 0.5) is 0 Å². The molecule has 0 saturated heterocycles. The summed E-state index contributed by atoms with van der Waals surface area (Å²) in [5.74, 6) is -0.851. The Kier molecular flexibility index (Phi) is 8.02. The molecule has 0 aliphatic rings. The van der Waals surface area contributed by atoms with Crippen molar-refractivity contribution >= 4 is 17.8 Å². The van der Waals surface area contributed by atoms with Crippen LogP contribution in [0.25, 0.3) is 0 Å². The second-order valence-corrected chi connectivity index (χ2v) is 6.06. The smallest absolute Gasteiger partial charge is 0.325 e. The third kappa shape index (κ3) is 7.11. The molecule has 148 valence electrons. The van der Waals surface area contributed by atoms with Crippen LogP contribution in [-0.4, -0.2) is 37.5 Å². The van der Waals surface area contributed by atoms with Crippen molar-refractivity contribution in [3.8, 4) is 5.75 Å². The summed E-state index contributed by atoms with van der Waals surface area (Å²) >= 11 is 0. The summed E-state index contributed by atoms with van der Waals surface area (Å²) in [6.07, 6.45) is 0. The molecule has 2 amide bonds. The molecular formula is C21H24N2O5. The van der Waals surface area contributed by atoms with Gasteiger partial charge in [0.15, 0.2) is 6.61 Å². The highest BCUT2D eigenvalue weighted by Gasteiger charge is 2.11. The van der Waals surface area contributed by atoms with Crippen LogP contribution in [0.15, 0.2) is 48.5 Å². The fourth-order valence-electron chi connectivity index (χ4n) is 2.28. The lowest BCUT2D eigenvalue weighted by atomic mass is 10.1. The number of nitrogens with one attached hydrogen (secondary N) is 2. The molecule has 28 heavy (non-hydrogen) atoms. The number of aryl methyl sites for hydroxylation is 1. The zero-order chi connectivity index (χ0) is 20.4. The van der Waals surface area contributed by atoms with Crippen LogP contribution < -0.4 is 15.4 Å². The van der Waals surface area contributed by atoms with E-state index in [1.807, 2.05) is 38.1 Å². The zero-order valence-electron chi connectivity index (χ0n) is 16.0. The quantitative estimate of drug-likeness (QED) is 0.645. The number of esters is 1. The Hall–Kier alpha value is -3.35. The second-order valence-electron chi connectivity index (χ2n) is 6.06. The first kappa shape index (κ1) is 21.0. The third-order valence-corrected chi connectivity index (χ3v) is 3.80. The van der Waals surface area contributed by atoms with E-state index in [9.17, 15) is 14.4 Å². The zero-order valence-corrected chi connectivity index (χ0v) is 16.0. The van der Waals surface area contributed by atoms with Crippen molar-refractivity contribution in [2.75, 3.05) is 19.8 Å². The van der Waals surface area contributed by atoms with Crippen LogP contribution in [0.2, 0.25) is 0 Å². The SMILES string of the molecule is CCOc1ccc(C(=O)NCC(=O)OCC(=O)NCc2ccc(C)cc2)cc1. The number of amides is 2. The maximum Gasteiger partial charge on any atom is 0.325 e.